The fourth-order valence-electron chi connectivity index (χ4n) is 2.27. The van der Waals surface area contributed by atoms with Crippen molar-refractivity contribution in [3.05, 3.63) is 21.0 Å². The van der Waals surface area contributed by atoms with Gasteiger partial charge in [-0.15, -0.1) is 0 Å². The van der Waals surface area contributed by atoms with Gasteiger partial charge in [-0.3, -0.25) is 4.79 Å². The normalized spacial score (nSPS) is 12.7. The minimum atomic E-state index is -0.422. The molecule has 1 aromatic heterocycles. The average Bonchev–Trinajstić information content (AvgIpc) is 2.49. The van der Waals surface area contributed by atoms with Gasteiger partial charge in [0.15, 0.2) is 0 Å². The summed E-state index contributed by atoms with van der Waals surface area (Å²) in [6.45, 7) is 7.28. The Balaban J connectivity index is 2.72. The number of nitrogens with zero attached hydrogens (tertiary/aromatic N) is 2. The third-order valence-corrected chi connectivity index (χ3v) is 4.57. The molecule has 120 valence electrons. The largest absolute Gasteiger partial charge is 0.391 e. The van der Waals surface area contributed by atoms with E-state index >= 15 is 0 Å². The van der Waals surface area contributed by atoms with Crippen molar-refractivity contribution in [3.63, 3.8) is 0 Å². The second-order valence-corrected chi connectivity index (χ2v) is 6.07. The minimum Gasteiger partial charge on any atom is -0.391 e. The molecule has 0 saturated heterocycles. The molecule has 5 nitrogen and oxygen atoms in total. The van der Waals surface area contributed by atoms with Gasteiger partial charge in [0.1, 0.15) is 4.47 Å². The van der Waals surface area contributed by atoms with E-state index in [-0.39, 0.29) is 11.5 Å². The summed E-state index contributed by atoms with van der Waals surface area (Å²) in [7, 11) is 0. The molecule has 0 aliphatic heterocycles. The fourth-order valence-corrected chi connectivity index (χ4v) is 2.72. The Morgan fingerprint density at radius 1 is 1.38 bits per heavy atom. The van der Waals surface area contributed by atoms with Gasteiger partial charge >= 0.3 is 0 Å². The number of hydrogen-bond acceptors (Lipinski definition) is 4. The summed E-state index contributed by atoms with van der Waals surface area (Å²) in [4.78, 5) is 12.1. The van der Waals surface area contributed by atoms with Crippen molar-refractivity contribution in [2.45, 2.75) is 59.1 Å². The van der Waals surface area contributed by atoms with Crippen molar-refractivity contribution in [1.82, 2.24) is 9.78 Å². The molecule has 1 unspecified atom stereocenters. The van der Waals surface area contributed by atoms with Gasteiger partial charge in [0.05, 0.1) is 18.0 Å². The standard InChI is InChI=1S/C15H26BrN3O2/c1-4-7-8-19-15(21)14(16)12(9-18-19)17-10-13(20)11(5-2)6-3/h9,11,13,17,20H,4-8,10H2,1-3H3. The van der Waals surface area contributed by atoms with Crippen molar-refractivity contribution in [3.8, 4) is 0 Å². The van der Waals surface area contributed by atoms with E-state index in [9.17, 15) is 9.90 Å². The van der Waals surface area contributed by atoms with Crippen molar-refractivity contribution in [2.75, 3.05) is 11.9 Å². The highest BCUT2D eigenvalue weighted by Crippen LogP contribution is 2.18. The molecule has 2 N–H and O–H groups in total. The lowest BCUT2D eigenvalue weighted by Crippen LogP contribution is -2.29. The molecule has 0 aliphatic carbocycles. The first-order chi connectivity index (χ1) is 10.0. The molecule has 0 aromatic carbocycles. The zero-order valence-corrected chi connectivity index (χ0v) is 14.7. The molecular formula is C15H26BrN3O2. The fraction of sp³-hybridized carbons (Fsp3) is 0.733. The predicted octanol–water partition coefficient (Wildman–Crippen LogP) is 3.01. The van der Waals surface area contributed by atoms with Crippen LogP contribution in [-0.4, -0.2) is 27.5 Å². The lowest BCUT2D eigenvalue weighted by molar-refractivity contribution is 0.114. The molecule has 0 radical (unpaired) electrons. The first-order valence-electron chi connectivity index (χ1n) is 7.72. The molecule has 1 aromatic rings. The lowest BCUT2D eigenvalue weighted by Gasteiger charge is -2.21. The number of halogens is 1. The third kappa shape index (κ3) is 5.11. The minimum absolute atomic E-state index is 0.134. The number of rotatable bonds is 9. The van der Waals surface area contributed by atoms with Crippen LogP contribution in [0, 0.1) is 5.92 Å². The summed E-state index contributed by atoms with van der Waals surface area (Å²) in [5, 5.41) is 17.4. The van der Waals surface area contributed by atoms with Crippen molar-refractivity contribution in [1.29, 1.82) is 0 Å². The molecule has 0 spiro atoms. The molecule has 21 heavy (non-hydrogen) atoms. The van der Waals surface area contributed by atoms with Crippen LogP contribution in [0.4, 0.5) is 5.69 Å². The Labute approximate surface area is 134 Å². The van der Waals surface area contributed by atoms with E-state index in [1.165, 1.54) is 4.68 Å². The van der Waals surface area contributed by atoms with Crippen LogP contribution in [0.25, 0.3) is 0 Å². The number of nitrogens with one attached hydrogen (secondary N) is 1. The number of hydrogen-bond donors (Lipinski definition) is 2. The summed E-state index contributed by atoms with van der Waals surface area (Å²) in [5.74, 6) is 0.272. The van der Waals surface area contributed by atoms with Gasteiger partial charge in [-0.05, 0) is 28.3 Å². The number of aliphatic hydroxyl groups excluding tert-OH is 1. The molecule has 6 heteroatoms. The van der Waals surface area contributed by atoms with Crippen molar-refractivity contribution < 1.29 is 5.11 Å². The molecule has 0 aliphatic rings. The monoisotopic (exact) mass is 359 g/mol. The van der Waals surface area contributed by atoms with Crippen LogP contribution in [0.15, 0.2) is 15.5 Å². The summed E-state index contributed by atoms with van der Waals surface area (Å²) in [6.07, 6.45) is 5.05. The number of unbranched alkanes of at least 4 members (excludes halogenated alkanes) is 1. The quantitative estimate of drug-likeness (QED) is 0.710. The average molecular weight is 360 g/mol. The van der Waals surface area contributed by atoms with Gasteiger partial charge in [-0.25, -0.2) is 4.68 Å². The van der Waals surface area contributed by atoms with Crippen molar-refractivity contribution in [2.24, 2.45) is 5.92 Å². The van der Waals surface area contributed by atoms with Gasteiger partial charge in [0.25, 0.3) is 5.56 Å². The number of anilines is 1. The number of aryl methyl sites for hydroxylation is 1. The Morgan fingerprint density at radius 2 is 2.05 bits per heavy atom. The Morgan fingerprint density at radius 3 is 2.62 bits per heavy atom. The van der Waals surface area contributed by atoms with Crippen molar-refractivity contribution >= 4 is 21.6 Å². The predicted molar refractivity (Wildman–Crippen MR) is 89.7 cm³/mol. The van der Waals surface area contributed by atoms with Crippen LogP contribution >= 0.6 is 15.9 Å². The van der Waals surface area contributed by atoms with Gasteiger partial charge in [0.2, 0.25) is 0 Å². The number of aliphatic hydroxyl groups is 1. The van der Waals surface area contributed by atoms with Crippen LogP contribution < -0.4 is 10.9 Å². The molecule has 1 atom stereocenters. The highest BCUT2D eigenvalue weighted by molar-refractivity contribution is 9.10. The molecule has 0 saturated carbocycles. The zero-order chi connectivity index (χ0) is 15.8. The highest BCUT2D eigenvalue weighted by Gasteiger charge is 2.16. The van der Waals surface area contributed by atoms with E-state index in [1.54, 1.807) is 6.20 Å². The van der Waals surface area contributed by atoms with Gasteiger partial charge in [-0.1, -0.05) is 40.0 Å². The maximum Gasteiger partial charge on any atom is 0.283 e. The topological polar surface area (TPSA) is 67.2 Å². The highest BCUT2D eigenvalue weighted by atomic mass is 79.9. The van der Waals surface area contributed by atoms with Crippen LogP contribution in [0.5, 0.6) is 0 Å². The molecule has 1 rings (SSSR count). The van der Waals surface area contributed by atoms with Gasteiger partial charge in [-0.2, -0.15) is 5.10 Å². The van der Waals surface area contributed by atoms with E-state index in [4.69, 9.17) is 0 Å². The second-order valence-electron chi connectivity index (χ2n) is 5.28. The van der Waals surface area contributed by atoms with Crippen LogP contribution in [0.3, 0.4) is 0 Å². The molecule has 0 amide bonds. The van der Waals surface area contributed by atoms with Crippen LogP contribution in [0.1, 0.15) is 46.5 Å². The van der Waals surface area contributed by atoms with E-state index in [0.717, 1.165) is 25.7 Å². The summed E-state index contributed by atoms with van der Waals surface area (Å²) >= 11 is 3.33. The van der Waals surface area contributed by atoms with Crippen LogP contribution in [-0.2, 0) is 6.54 Å². The van der Waals surface area contributed by atoms with Gasteiger partial charge < -0.3 is 10.4 Å². The summed E-state index contributed by atoms with van der Waals surface area (Å²) in [5.41, 5.74) is 0.503. The third-order valence-electron chi connectivity index (χ3n) is 3.80. The SMILES string of the molecule is CCCCn1ncc(NCC(O)C(CC)CC)c(Br)c1=O. The zero-order valence-electron chi connectivity index (χ0n) is 13.1. The Kier molecular flexibility index (Phi) is 7.96. The van der Waals surface area contributed by atoms with E-state index in [2.05, 4.69) is 47.1 Å². The van der Waals surface area contributed by atoms with E-state index in [1.807, 2.05) is 0 Å². The van der Waals surface area contributed by atoms with E-state index in [0.29, 0.717) is 23.2 Å². The molecule has 1 heterocycles. The Bertz CT molecular complexity index is 486. The van der Waals surface area contributed by atoms with E-state index < -0.39 is 6.10 Å². The smallest absolute Gasteiger partial charge is 0.283 e. The first-order valence-corrected chi connectivity index (χ1v) is 8.51. The first kappa shape index (κ1) is 18.2. The molecule has 0 fully saturated rings. The molecule has 0 bridgehead atoms. The van der Waals surface area contributed by atoms with Crippen LogP contribution in [0.2, 0.25) is 0 Å². The second kappa shape index (κ2) is 9.20. The Hall–Kier alpha value is -0.880. The summed E-state index contributed by atoms with van der Waals surface area (Å²) in [6, 6.07) is 0. The van der Waals surface area contributed by atoms with Gasteiger partial charge in [0, 0.05) is 13.1 Å². The maximum absolute atomic E-state index is 12.1. The lowest BCUT2D eigenvalue weighted by atomic mass is 9.96. The summed E-state index contributed by atoms with van der Waals surface area (Å²) < 4.78 is 1.95. The number of aromatic nitrogens is 2. The maximum atomic E-state index is 12.1. The molecular weight excluding hydrogens is 334 g/mol.